The molecular formula is C13H18Cl2N2O. The maximum atomic E-state index is 12.0. The first kappa shape index (κ1) is 15.3. The maximum absolute atomic E-state index is 12.0. The van der Waals surface area contributed by atoms with Crippen LogP contribution in [0.15, 0.2) is 18.2 Å². The summed E-state index contributed by atoms with van der Waals surface area (Å²) in [6.07, 6.45) is 0.757. The minimum Gasteiger partial charge on any atom is -0.330 e. The summed E-state index contributed by atoms with van der Waals surface area (Å²) in [7, 11) is 0. The van der Waals surface area contributed by atoms with Gasteiger partial charge in [0.25, 0.3) is 0 Å². The highest BCUT2D eigenvalue weighted by atomic mass is 35.5. The van der Waals surface area contributed by atoms with Crippen LogP contribution < -0.4 is 11.1 Å². The van der Waals surface area contributed by atoms with Gasteiger partial charge in [-0.25, -0.2) is 0 Å². The summed E-state index contributed by atoms with van der Waals surface area (Å²) in [5.74, 6) is 0.122. The van der Waals surface area contributed by atoms with E-state index in [2.05, 4.69) is 19.2 Å². The van der Waals surface area contributed by atoms with Crippen molar-refractivity contribution in [2.75, 3.05) is 11.9 Å². The Labute approximate surface area is 118 Å². The molecule has 1 atom stereocenters. The molecule has 1 amide bonds. The van der Waals surface area contributed by atoms with Gasteiger partial charge in [-0.3, -0.25) is 4.79 Å². The smallest absolute Gasteiger partial charge is 0.228 e. The van der Waals surface area contributed by atoms with Crippen molar-refractivity contribution >= 4 is 34.8 Å². The maximum Gasteiger partial charge on any atom is 0.228 e. The average Bonchev–Trinajstić information content (AvgIpc) is 2.29. The molecule has 0 aliphatic carbocycles. The fourth-order valence-corrected chi connectivity index (χ4v) is 2.16. The number of carbonyl (C=O) groups is 1. The zero-order valence-corrected chi connectivity index (χ0v) is 12.1. The van der Waals surface area contributed by atoms with E-state index in [0.29, 0.717) is 28.2 Å². The van der Waals surface area contributed by atoms with Gasteiger partial charge >= 0.3 is 0 Å². The van der Waals surface area contributed by atoms with Crippen LogP contribution in [-0.4, -0.2) is 12.5 Å². The Kier molecular flexibility index (Phi) is 5.93. The molecule has 0 fully saturated rings. The number of hydrogen-bond acceptors (Lipinski definition) is 2. The molecule has 3 nitrogen and oxygen atoms in total. The normalized spacial score (nSPS) is 12.6. The molecular weight excluding hydrogens is 271 g/mol. The van der Waals surface area contributed by atoms with Crippen molar-refractivity contribution in [2.24, 2.45) is 17.6 Å². The summed E-state index contributed by atoms with van der Waals surface area (Å²) < 4.78 is 0. The van der Waals surface area contributed by atoms with Gasteiger partial charge < -0.3 is 11.1 Å². The standard InChI is InChI=1S/C13H18Cl2N2O/c1-8(2)5-9(7-16)13(18)17-12-4-3-10(14)6-11(12)15/h3-4,6,8-9H,5,7,16H2,1-2H3,(H,17,18). The predicted molar refractivity (Wildman–Crippen MR) is 77.1 cm³/mol. The zero-order chi connectivity index (χ0) is 13.7. The van der Waals surface area contributed by atoms with Crippen molar-refractivity contribution in [3.8, 4) is 0 Å². The van der Waals surface area contributed by atoms with E-state index in [-0.39, 0.29) is 11.8 Å². The number of benzene rings is 1. The van der Waals surface area contributed by atoms with E-state index < -0.39 is 0 Å². The molecule has 100 valence electrons. The molecule has 1 aromatic rings. The summed E-state index contributed by atoms with van der Waals surface area (Å²) in [5, 5.41) is 3.75. The summed E-state index contributed by atoms with van der Waals surface area (Å²) in [6.45, 7) is 4.45. The van der Waals surface area contributed by atoms with Crippen molar-refractivity contribution < 1.29 is 4.79 Å². The van der Waals surface area contributed by atoms with Crippen molar-refractivity contribution in [1.82, 2.24) is 0 Å². The van der Waals surface area contributed by atoms with Gasteiger partial charge in [0.2, 0.25) is 5.91 Å². The van der Waals surface area contributed by atoms with E-state index in [1.54, 1.807) is 18.2 Å². The van der Waals surface area contributed by atoms with Crippen LogP contribution >= 0.6 is 23.2 Å². The highest BCUT2D eigenvalue weighted by Gasteiger charge is 2.19. The lowest BCUT2D eigenvalue weighted by atomic mass is 9.96. The lowest BCUT2D eigenvalue weighted by Crippen LogP contribution is -2.30. The van der Waals surface area contributed by atoms with Gasteiger partial charge in [0.15, 0.2) is 0 Å². The first-order valence-corrected chi connectivity index (χ1v) is 6.65. The number of rotatable bonds is 5. The molecule has 0 spiro atoms. The SMILES string of the molecule is CC(C)CC(CN)C(=O)Nc1ccc(Cl)cc1Cl. The number of hydrogen-bond donors (Lipinski definition) is 2. The van der Waals surface area contributed by atoms with Gasteiger partial charge in [-0.05, 0) is 30.5 Å². The van der Waals surface area contributed by atoms with Gasteiger partial charge in [-0.1, -0.05) is 37.0 Å². The summed E-state index contributed by atoms with van der Waals surface area (Å²) >= 11 is 11.8. The second-order valence-electron chi connectivity index (χ2n) is 4.68. The van der Waals surface area contributed by atoms with Crippen LogP contribution in [0.3, 0.4) is 0 Å². The van der Waals surface area contributed by atoms with E-state index in [1.807, 2.05) is 0 Å². The van der Waals surface area contributed by atoms with Crippen molar-refractivity contribution in [1.29, 1.82) is 0 Å². The monoisotopic (exact) mass is 288 g/mol. The zero-order valence-electron chi connectivity index (χ0n) is 10.5. The molecule has 0 radical (unpaired) electrons. The van der Waals surface area contributed by atoms with Crippen LogP contribution in [0.4, 0.5) is 5.69 Å². The molecule has 18 heavy (non-hydrogen) atoms. The third kappa shape index (κ3) is 4.48. The first-order valence-electron chi connectivity index (χ1n) is 5.90. The highest BCUT2D eigenvalue weighted by molar-refractivity contribution is 6.36. The molecule has 1 aromatic carbocycles. The molecule has 1 rings (SSSR count). The third-order valence-electron chi connectivity index (χ3n) is 2.60. The van der Waals surface area contributed by atoms with Crippen molar-refractivity contribution in [2.45, 2.75) is 20.3 Å². The number of amides is 1. The first-order chi connectivity index (χ1) is 8.43. The van der Waals surface area contributed by atoms with Crippen molar-refractivity contribution in [3.05, 3.63) is 28.2 Å². The Morgan fingerprint density at radius 3 is 2.56 bits per heavy atom. The van der Waals surface area contributed by atoms with Gasteiger partial charge in [0.1, 0.15) is 0 Å². The lowest BCUT2D eigenvalue weighted by Gasteiger charge is -2.17. The summed E-state index contributed by atoms with van der Waals surface area (Å²) in [4.78, 5) is 12.0. The fraction of sp³-hybridized carbons (Fsp3) is 0.462. The number of carbonyl (C=O) groups excluding carboxylic acids is 1. The Balaban J connectivity index is 2.73. The minimum atomic E-state index is -0.197. The van der Waals surface area contributed by atoms with E-state index >= 15 is 0 Å². The van der Waals surface area contributed by atoms with Crippen LogP contribution in [0, 0.1) is 11.8 Å². The predicted octanol–water partition coefficient (Wildman–Crippen LogP) is 3.55. The molecule has 0 heterocycles. The highest BCUT2D eigenvalue weighted by Crippen LogP contribution is 2.26. The fourth-order valence-electron chi connectivity index (χ4n) is 1.70. The third-order valence-corrected chi connectivity index (χ3v) is 3.15. The van der Waals surface area contributed by atoms with E-state index in [4.69, 9.17) is 28.9 Å². The molecule has 3 N–H and O–H groups in total. The van der Waals surface area contributed by atoms with E-state index in [0.717, 1.165) is 6.42 Å². The number of nitrogens with two attached hydrogens (primary N) is 1. The van der Waals surface area contributed by atoms with Crippen LogP contribution in [-0.2, 0) is 4.79 Å². The minimum absolute atomic E-state index is 0.101. The van der Waals surface area contributed by atoms with Gasteiger partial charge in [-0.2, -0.15) is 0 Å². The molecule has 0 aromatic heterocycles. The number of nitrogens with one attached hydrogen (secondary N) is 1. The Morgan fingerprint density at radius 1 is 1.39 bits per heavy atom. The molecule has 0 bridgehead atoms. The summed E-state index contributed by atoms with van der Waals surface area (Å²) in [5.41, 5.74) is 6.19. The molecule has 0 aliphatic rings. The van der Waals surface area contributed by atoms with E-state index in [1.165, 1.54) is 0 Å². The van der Waals surface area contributed by atoms with Crippen LogP contribution in [0.2, 0.25) is 10.0 Å². The van der Waals surface area contributed by atoms with Gasteiger partial charge in [0, 0.05) is 11.6 Å². The molecule has 0 saturated carbocycles. The average molecular weight is 289 g/mol. The molecule has 1 unspecified atom stereocenters. The van der Waals surface area contributed by atoms with Crippen LogP contribution in [0.5, 0.6) is 0 Å². The van der Waals surface area contributed by atoms with Crippen molar-refractivity contribution in [3.63, 3.8) is 0 Å². The number of halogens is 2. The Hall–Kier alpha value is -0.770. The largest absolute Gasteiger partial charge is 0.330 e. The molecule has 0 saturated heterocycles. The Morgan fingerprint density at radius 2 is 2.06 bits per heavy atom. The lowest BCUT2D eigenvalue weighted by molar-refractivity contribution is -0.120. The second kappa shape index (κ2) is 6.98. The molecule has 0 aliphatic heterocycles. The van der Waals surface area contributed by atoms with Gasteiger partial charge in [-0.15, -0.1) is 0 Å². The van der Waals surface area contributed by atoms with E-state index in [9.17, 15) is 4.79 Å². The quantitative estimate of drug-likeness (QED) is 0.871. The topological polar surface area (TPSA) is 55.1 Å². The Bertz CT molecular complexity index is 421. The second-order valence-corrected chi connectivity index (χ2v) is 5.52. The van der Waals surface area contributed by atoms with Gasteiger partial charge in [0.05, 0.1) is 16.6 Å². The van der Waals surface area contributed by atoms with Crippen LogP contribution in [0.1, 0.15) is 20.3 Å². The van der Waals surface area contributed by atoms with Crippen LogP contribution in [0.25, 0.3) is 0 Å². The molecule has 5 heteroatoms. The summed E-state index contributed by atoms with van der Waals surface area (Å²) in [6, 6.07) is 4.97. The number of anilines is 1.